The van der Waals surface area contributed by atoms with Gasteiger partial charge >= 0.3 is 6.09 Å². The highest BCUT2D eigenvalue weighted by molar-refractivity contribution is 7.85. The molecular weight excluding hydrogens is 388 g/mol. The number of ether oxygens (including phenoxy) is 1. The molecule has 27 heavy (non-hydrogen) atoms. The summed E-state index contributed by atoms with van der Waals surface area (Å²) >= 11 is 1.54. The Balaban J connectivity index is 2.21. The van der Waals surface area contributed by atoms with Crippen LogP contribution in [0, 0.1) is 6.92 Å². The number of alkyl carbamates (subject to hydrolysis) is 1. The number of hydrogen-bond acceptors (Lipinski definition) is 7. The summed E-state index contributed by atoms with van der Waals surface area (Å²) < 4.78 is 32.9. The Hall–Kier alpha value is -1.97. The van der Waals surface area contributed by atoms with Gasteiger partial charge in [0, 0.05) is 0 Å². The minimum absolute atomic E-state index is 0.225. The molecule has 0 aliphatic carbocycles. The Labute approximate surface area is 163 Å². The van der Waals surface area contributed by atoms with Crippen LogP contribution >= 0.6 is 11.3 Å². The second-order valence-corrected chi connectivity index (χ2v) is 9.58. The molecule has 0 radical (unpaired) electrons. The van der Waals surface area contributed by atoms with Crippen molar-refractivity contribution in [3.8, 4) is 10.4 Å². The molecule has 0 spiro atoms. The fourth-order valence-corrected chi connectivity index (χ4v) is 3.50. The maximum Gasteiger partial charge on any atom is 0.408 e. The van der Waals surface area contributed by atoms with Gasteiger partial charge in [0.25, 0.3) is 10.1 Å². The van der Waals surface area contributed by atoms with Gasteiger partial charge in [0.05, 0.1) is 35.0 Å². The summed E-state index contributed by atoms with van der Waals surface area (Å²) in [4.78, 5) is 17.4. The van der Waals surface area contributed by atoms with Crippen molar-refractivity contribution in [2.75, 3.05) is 12.9 Å². The number of carbonyl (C=O) groups is 1. The smallest absolute Gasteiger partial charge is 0.408 e. The third kappa shape index (κ3) is 6.93. The highest BCUT2D eigenvalue weighted by Gasteiger charge is 2.22. The zero-order valence-electron chi connectivity index (χ0n) is 16.0. The standard InChI is InChI=1S/C18H24N2O5S2/c1-12-16(26-11-19-12)14-8-6-13(7-9-14)15(10-24-27(5,22)23)20-17(21)25-18(2,3)4/h6-9,11,15H,10H2,1-5H3,(H,20,21)/t15-/m0/s1. The first-order chi connectivity index (χ1) is 12.4. The lowest BCUT2D eigenvalue weighted by molar-refractivity contribution is 0.0487. The van der Waals surface area contributed by atoms with E-state index in [1.807, 2.05) is 31.2 Å². The number of nitrogens with zero attached hydrogens (tertiary/aromatic N) is 1. The number of benzene rings is 1. The summed E-state index contributed by atoms with van der Waals surface area (Å²) in [6.07, 6.45) is 0.319. The van der Waals surface area contributed by atoms with E-state index in [9.17, 15) is 13.2 Å². The monoisotopic (exact) mass is 412 g/mol. The molecule has 0 aliphatic rings. The van der Waals surface area contributed by atoms with E-state index in [0.717, 1.165) is 22.4 Å². The van der Waals surface area contributed by atoms with Gasteiger partial charge < -0.3 is 10.1 Å². The van der Waals surface area contributed by atoms with Crippen LogP contribution in [0.3, 0.4) is 0 Å². The van der Waals surface area contributed by atoms with Crippen LogP contribution in [0.1, 0.15) is 38.1 Å². The SMILES string of the molecule is Cc1ncsc1-c1ccc([C@H](COS(C)(=O)=O)NC(=O)OC(C)(C)C)cc1. The molecular formula is C18H24N2O5S2. The van der Waals surface area contributed by atoms with E-state index in [0.29, 0.717) is 5.56 Å². The van der Waals surface area contributed by atoms with Crippen molar-refractivity contribution in [1.29, 1.82) is 0 Å². The molecule has 1 N–H and O–H groups in total. The van der Waals surface area contributed by atoms with Crippen LogP contribution in [-0.2, 0) is 19.0 Å². The fourth-order valence-electron chi connectivity index (χ4n) is 2.31. The molecule has 0 saturated heterocycles. The molecule has 1 heterocycles. The number of hydrogen-bond donors (Lipinski definition) is 1. The Morgan fingerprint density at radius 1 is 1.26 bits per heavy atom. The van der Waals surface area contributed by atoms with Crippen LogP contribution in [-0.4, -0.2) is 38.0 Å². The van der Waals surface area contributed by atoms with Crippen molar-refractivity contribution in [2.45, 2.75) is 39.3 Å². The summed E-state index contributed by atoms with van der Waals surface area (Å²) in [6.45, 7) is 6.96. The minimum Gasteiger partial charge on any atom is -0.444 e. The summed E-state index contributed by atoms with van der Waals surface area (Å²) in [6, 6.07) is 6.77. The Kier molecular flexibility index (Phi) is 6.61. The van der Waals surface area contributed by atoms with E-state index in [4.69, 9.17) is 8.92 Å². The van der Waals surface area contributed by atoms with Crippen LogP contribution < -0.4 is 5.32 Å². The average molecular weight is 413 g/mol. The van der Waals surface area contributed by atoms with Crippen LogP contribution in [0.2, 0.25) is 0 Å². The van der Waals surface area contributed by atoms with Crippen molar-refractivity contribution in [1.82, 2.24) is 10.3 Å². The number of aryl methyl sites for hydroxylation is 1. The molecule has 0 aliphatic heterocycles. The second kappa shape index (κ2) is 8.37. The first-order valence-electron chi connectivity index (χ1n) is 8.29. The topological polar surface area (TPSA) is 94.6 Å². The van der Waals surface area contributed by atoms with Gasteiger partial charge in [-0.05, 0) is 38.8 Å². The molecule has 0 unspecified atom stereocenters. The van der Waals surface area contributed by atoms with Crippen LogP contribution in [0.4, 0.5) is 4.79 Å². The summed E-state index contributed by atoms with van der Waals surface area (Å²) in [5.74, 6) is 0. The van der Waals surface area contributed by atoms with Crippen LogP contribution in [0.15, 0.2) is 29.8 Å². The van der Waals surface area contributed by atoms with Crippen LogP contribution in [0.5, 0.6) is 0 Å². The molecule has 2 rings (SSSR count). The van der Waals surface area contributed by atoms with Crippen molar-refractivity contribution in [3.05, 3.63) is 41.0 Å². The van der Waals surface area contributed by atoms with Crippen molar-refractivity contribution < 1.29 is 22.1 Å². The normalized spacial score (nSPS) is 13.2. The average Bonchev–Trinajstić information content (AvgIpc) is 2.95. The highest BCUT2D eigenvalue weighted by atomic mass is 32.2. The largest absolute Gasteiger partial charge is 0.444 e. The Morgan fingerprint density at radius 2 is 1.89 bits per heavy atom. The predicted octanol–water partition coefficient (Wildman–Crippen LogP) is 3.66. The number of aromatic nitrogens is 1. The van der Waals surface area contributed by atoms with E-state index in [1.165, 1.54) is 0 Å². The van der Waals surface area contributed by atoms with Crippen molar-refractivity contribution >= 4 is 27.5 Å². The molecule has 1 aromatic heterocycles. The first kappa shape index (κ1) is 21.3. The molecule has 1 atom stereocenters. The van der Waals surface area contributed by atoms with E-state index in [2.05, 4.69) is 10.3 Å². The van der Waals surface area contributed by atoms with Gasteiger partial charge in [-0.1, -0.05) is 24.3 Å². The molecule has 9 heteroatoms. The molecule has 1 amide bonds. The van der Waals surface area contributed by atoms with Crippen LogP contribution in [0.25, 0.3) is 10.4 Å². The number of thiazole rings is 1. The lowest BCUT2D eigenvalue weighted by Gasteiger charge is -2.23. The Bertz CT molecular complexity index is 883. The molecule has 0 saturated carbocycles. The summed E-state index contributed by atoms with van der Waals surface area (Å²) in [5, 5.41) is 2.67. The van der Waals surface area contributed by atoms with Gasteiger partial charge in [-0.2, -0.15) is 8.42 Å². The maximum atomic E-state index is 12.1. The van der Waals surface area contributed by atoms with Gasteiger partial charge in [-0.3, -0.25) is 4.18 Å². The molecule has 2 aromatic rings. The lowest BCUT2D eigenvalue weighted by atomic mass is 10.0. The zero-order valence-corrected chi connectivity index (χ0v) is 17.6. The van der Waals surface area contributed by atoms with E-state index in [-0.39, 0.29) is 6.61 Å². The third-order valence-electron chi connectivity index (χ3n) is 3.46. The second-order valence-electron chi connectivity index (χ2n) is 7.08. The summed E-state index contributed by atoms with van der Waals surface area (Å²) in [7, 11) is -3.65. The minimum atomic E-state index is -3.65. The molecule has 0 fully saturated rings. The van der Waals surface area contributed by atoms with Gasteiger partial charge in [-0.15, -0.1) is 11.3 Å². The Morgan fingerprint density at radius 3 is 2.37 bits per heavy atom. The van der Waals surface area contributed by atoms with Gasteiger partial charge in [0.15, 0.2) is 0 Å². The maximum absolute atomic E-state index is 12.1. The van der Waals surface area contributed by atoms with Crippen molar-refractivity contribution in [3.63, 3.8) is 0 Å². The zero-order chi connectivity index (χ0) is 20.2. The number of rotatable bonds is 6. The summed E-state index contributed by atoms with van der Waals surface area (Å²) in [5.41, 5.74) is 3.76. The van der Waals surface area contributed by atoms with E-state index in [1.54, 1.807) is 37.6 Å². The number of carbonyl (C=O) groups excluding carboxylic acids is 1. The van der Waals surface area contributed by atoms with Gasteiger partial charge in [-0.25, -0.2) is 9.78 Å². The lowest BCUT2D eigenvalue weighted by Crippen LogP contribution is -2.37. The molecule has 0 bridgehead atoms. The van der Waals surface area contributed by atoms with E-state index >= 15 is 0 Å². The van der Waals surface area contributed by atoms with Gasteiger partial charge in [0.1, 0.15) is 5.60 Å². The number of amides is 1. The first-order valence-corrected chi connectivity index (χ1v) is 11.0. The molecule has 1 aromatic carbocycles. The van der Waals surface area contributed by atoms with Gasteiger partial charge in [0.2, 0.25) is 0 Å². The molecule has 148 valence electrons. The fraction of sp³-hybridized carbons (Fsp3) is 0.444. The highest BCUT2D eigenvalue weighted by Crippen LogP contribution is 2.28. The number of nitrogens with one attached hydrogen (secondary N) is 1. The van der Waals surface area contributed by atoms with Crippen molar-refractivity contribution in [2.24, 2.45) is 0 Å². The quantitative estimate of drug-likeness (QED) is 0.728. The predicted molar refractivity (Wildman–Crippen MR) is 105 cm³/mol. The van der Waals surface area contributed by atoms with E-state index < -0.39 is 27.9 Å². The molecule has 7 nitrogen and oxygen atoms in total. The third-order valence-corrected chi connectivity index (χ3v) is 5.00.